The zero-order valence-corrected chi connectivity index (χ0v) is 13.7. The first-order valence-electron chi connectivity index (χ1n) is 8.08. The summed E-state index contributed by atoms with van der Waals surface area (Å²) in [6, 6.07) is 14.9. The van der Waals surface area contributed by atoms with Crippen LogP contribution in [0.5, 0.6) is 5.75 Å². The van der Waals surface area contributed by atoms with Gasteiger partial charge in [0.15, 0.2) is 5.43 Å². The second kappa shape index (κ2) is 5.68. The molecule has 0 aliphatic carbocycles. The molecule has 0 radical (unpaired) electrons. The maximum absolute atomic E-state index is 12.5. The molecule has 3 nitrogen and oxygen atoms in total. The Morgan fingerprint density at radius 2 is 1.92 bits per heavy atom. The smallest absolute Gasteiger partial charge is 0.193 e. The molecule has 0 spiro atoms. The van der Waals surface area contributed by atoms with Crippen LogP contribution in [0.25, 0.3) is 22.3 Å². The Morgan fingerprint density at radius 1 is 1.12 bits per heavy atom. The van der Waals surface area contributed by atoms with Gasteiger partial charge in [-0.05, 0) is 32.1 Å². The Morgan fingerprint density at radius 3 is 2.67 bits per heavy atom. The molecule has 4 rings (SSSR count). The van der Waals surface area contributed by atoms with Crippen LogP contribution in [0.4, 0.5) is 0 Å². The van der Waals surface area contributed by atoms with Crippen LogP contribution in [0.1, 0.15) is 19.4 Å². The molecule has 0 bridgehead atoms. The SMILES string of the molecule is CC(C)=C[C@H]1Cc2c(ccc3c(=O)cc(-c4ccccc4)oc23)O1. The highest BCUT2D eigenvalue weighted by molar-refractivity contribution is 5.84. The van der Waals surface area contributed by atoms with Crippen LogP contribution in [0.3, 0.4) is 0 Å². The molecule has 1 aromatic heterocycles. The summed E-state index contributed by atoms with van der Waals surface area (Å²) in [5.74, 6) is 1.39. The van der Waals surface area contributed by atoms with E-state index in [0.717, 1.165) is 23.3 Å². The van der Waals surface area contributed by atoms with E-state index in [1.54, 1.807) is 12.1 Å². The third-order valence-corrected chi connectivity index (χ3v) is 4.22. The van der Waals surface area contributed by atoms with Crippen molar-refractivity contribution in [3.8, 4) is 17.1 Å². The Kier molecular flexibility index (Phi) is 3.49. The molecular formula is C21H18O3. The Labute approximate surface area is 140 Å². The summed E-state index contributed by atoms with van der Waals surface area (Å²) in [6.45, 7) is 4.11. The lowest BCUT2D eigenvalue weighted by Gasteiger charge is -2.06. The highest BCUT2D eigenvalue weighted by Gasteiger charge is 2.25. The van der Waals surface area contributed by atoms with Gasteiger partial charge in [0.2, 0.25) is 0 Å². The van der Waals surface area contributed by atoms with Gasteiger partial charge in [0.25, 0.3) is 0 Å². The van der Waals surface area contributed by atoms with Crippen molar-refractivity contribution in [1.82, 2.24) is 0 Å². The predicted molar refractivity (Wildman–Crippen MR) is 95.5 cm³/mol. The van der Waals surface area contributed by atoms with Gasteiger partial charge in [-0.25, -0.2) is 0 Å². The number of fused-ring (bicyclic) bond motifs is 3. The number of ether oxygens (including phenoxy) is 1. The molecule has 24 heavy (non-hydrogen) atoms. The summed E-state index contributed by atoms with van der Waals surface area (Å²) in [5, 5.41) is 0.606. The van der Waals surface area contributed by atoms with E-state index in [1.807, 2.05) is 36.4 Å². The van der Waals surface area contributed by atoms with Crippen LogP contribution in [-0.4, -0.2) is 6.10 Å². The molecule has 0 unspecified atom stereocenters. The molecule has 0 amide bonds. The topological polar surface area (TPSA) is 39.4 Å². The average molecular weight is 318 g/mol. The highest BCUT2D eigenvalue weighted by Crippen LogP contribution is 2.36. The van der Waals surface area contributed by atoms with Gasteiger partial charge < -0.3 is 9.15 Å². The minimum absolute atomic E-state index is 0.00119. The molecule has 0 saturated carbocycles. The van der Waals surface area contributed by atoms with Crippen LogP contribution in [-0.2, 0) is 6.42 Å². The van der Waals surface area contributed by atoms with Crippen molar-refractivity contribution < 1.29 is 9.15 Å². The van der Waals surface area contributed by atoms with E-state index >= 15 is 0 Å². The van der Waals surface area contributed by atoms with Crippen LogP contribution >= 0.6 is 0 Å². The monoisotopic (exact) mass is 318 g/mol. The van der Waals surface area contributed by atoms with Crippen molar-refractivity contribution in [3.63, 3.8) is 0 Å². The summed E-state index contributed by atoms with van der Waals surface area (Å²) in [5.41, 5.74) is 3.70. The molecule has 0 fully saturated rings. The molecule has 0 N–H and O–H groups in total. The Bertz CT molecular complexity index is 993. The lowest BCUT2D eigenvalue weighted by atomic mass is 10.0. The number of allylic oxidation sites excluding steroid dienone is 1. The molecule has 3 aromatic rings. The minimum atomic E-state index is -0.0245. The van der Waals surface area contributed by atoms with E-state index < -0.39 is 0 Å². The van der Waals surface area contributed by atoms with Crippen molar-refractivity contribution in [2.75, 3.05) is 0 Å². The molecule has 1 atom stereocenters. The van der Waals surface area contributed by atoms with Gasteiger partial charge in [-0.2, -0.15) is 0 Å². The normalized spacial score (nSPS) is 15.8. The van der Waals surface area contributed by atoms with Gasteiger partial charge in [-0.15, -0.1) is 0 Å². The summed E-state index contributed by atoms with van der Waals surface area (Å²) in [7, 11) is 0. The van der Waals surface area contributed by atoms with E-state index in [1.165, 1.54) is 5.57 Å². The van der Waals surface area contributed by atoms with Gasteiger partial charge in [0.1, 0.15) is 23.2 Å². The fourth-order valence-corrected chi connectivity index (χ4v) is 3.18. The molecule has 2 heterocycles. The van der Waals surface area contributed by atoms with Crippen molar-refractivity contribution in [2.45, 2.75) is 26.4 Å². The fraction of sp³-hybridized carbons (Fsp3) is 0.190. The summed E-state index contributed by atoms with van der Waals surface area (Å²) >= 11 is 0. The van der Waals surface area contributed by atoms with Gasteiger partial charge >= 0.3 is 0 Å². The first-order valence-corrected chi connectivity index (χ1v) is 8.08. The van der Waals surface area contributed by atoms with Crippen molar-refractivity contribution in [2.24, 2.45) is 0 Å². The highest BCUT2D eigenvalue weighted by atomic mass is 16.5. The maximum atomic E-state index is 12.5. The molecule has 1 aliphatic rings. The second-order valence-corrected chi connectivity index (χ2v) is 6.36. The molecule has 3 heteroatoms. The third-order valence-electron chi connectivity index (χ3n) is 4.22. The van der Waals surface area contributed by atoms with Gasteiger partial charge in [0, 0.05) is 23.6 Å². The molecular weight excluding hydrogens is 300 g/mol. The molecule has 0 saturated heterocycles. The lowest BCUT2D eigenvalue weighted by Crippen LogP contribution is -2.09. The summed E-state index contributed by atoms with van der Waals surface area (Å²) < 4.78 is 12.1. The van der Waals surface area contributed by atoms with E-state index in [4.69, 9.17) is 9.15 Å². The zero-order chi connectivity index (χ0) is 16.7. The van der Waals surface area contributed by atoms with E-state index in [2.05, 4.69) is 19.9 Å². The van der Waals surface area contributed by atoms with Gasteiger partial charge in [-0.1, -0.05) is 35.9 Å². The third kappa shape index (κ3) is 2.52. The number of hydrogen-bond donors (Lipinski definition) is 0. The first-order chi connectivity index (χ1) is 11.6. The van der Waals surface area contributed by atoms with E-state index in [0.29, 0.717) is 16.7 Å². The zero-order valence-electron chi connectivity index (χ0n) is 13.7. The predicted octanol–water partition coefficient (Wildman–Crippen LogP) is 4.73. The molecule has 1 aliphatic heterocycles. The maximum Gasteiger partial charge on any atom is 0.193 e. The molecule has 120 valence electrons. The average Bonchev–Trinajstić information content (AvgIpc) is 2.97. The van der Waals surface area contributed by atoms with Crippen molar-refractivity contribution in [3.05, 3.63) is 76.0 Å². The van der Waals surface area contributed by atoms with Gasteiger partial charge in [0.05, 0.1) is 5.39 Å². The van der Waals surface area contributed by atoms with Gasteiger partial charge in [-0.3, -0.25) is 4.79 Å². The first kappa shape index (κ1) is 14.8. The summed E-state index contributed by atoms with van der Waals surface area (Å²) in [6.07, 6.45) is 2.82. The van der Waals surface area contributed by atoms with Crippen LogP contribution < -0.4 is 10.2 Å². The number of rotatable bonds is 2. The van der Waals surface area contributed by atoms with E-state index in [-0.39, 0.29) is 11.5 Å². The molecule has 2 aromatic carbocycles. The van der Waals surface area contributed by atoms with Crippen LogP contribution in [0, 0.1) is 0 Å². The Balaban J connectivity index is 1.89. The van der Waals surface area contributed by atoms with E-state index in [9.17, 15) is 4.79 Å². The van der Waals surface area contributed by atoms with Crippen molar-refractivity contribution in [1.29, 1.82) is 0 Å². The van der Waals surface area contributed by atoms with Crippen LogP contribution in [0.2, 0.25) is 0 Å². The second-order valence-electron chi connectivity index (χ2n) is 6.36. The largest absolute Gasteiger partial charge is 0.486 e. The quantitative estimate of drug-likeness (QED) is 0.641. The number of benzene rings is 2. The fourth-order valence-electron chi connectivity index (χ4n) is 3.18. The van der Waals surface area contributed by atoms with Crippen LogP contribution in [0.15, 0.2) is 69.4 Å². The minimum Gasteiger partial charge on any atom is -0.486 e. The summed E-state index contributed by atoms with van der Waals surface area (Å²) in [4.78, 5) is 12.5. The Hall–Kier alpha value is -2.81. The lowest BCUT2D eigenvalue weighted by molar-refractivity contribution is 0.282. The number of hydrogen-bond acceptors (Lipinski definition) is 3. The standard InChI is InChI=1S/C21H18O3/c1-13(2)10-15-11-17-19(23-15)9-8-16-18(22)12-20(24-21(16)17)14-6-4-3-5-7-14/h3-10,12,15H,11H2,1-2H3/t15-/m0/s1. The van der Waals surface area contributed by atoms with Crippen molar-refractivity contribution >= 4 is 11.0 Å².